The Hall–Kier alpha value is -0.850. The second kappa shape index (κ2) is 11.7. The van der Waals surface area contributed by atoms with Gasteiger partial charge in [0.25, 0.3) is 0 Å². The summed E-state index contributed by atoms with van der Waals surface area (Å²) in [6.45, 7) is 4.30. The summed E-state index contributed by atoms with van der Waals surface area (Å²) >= 11 is 0. The fourth-order valence-corrected chi connectivity index (χ4v) is 3.45. The Bertz CT molecular complexity index is 381. The molecule has 1 heterocycles. The number of methoxy groups -OCH3 is 1. The zero-order chi connectivity index (χ0) is 16.5. The molecule has 7 heteroatoms. The van der Waals surface area contributed by atoms with Crippen molar-refractivity contribution in [1.29, 1.82) is 0 Å². The monoisotopic (exact) mass is 361 g/mol. The highest BCUT2D eigenvalue weighted by atomic mass is 35.5. The van der Waals surface area contributed by atoms with Gasteiger partial charge in [-0.1, -0.05) is 19.3 Å². The van der Waals surface area contributed by atoms with E-state index < -0.39 is 0 Å². The molecule has 140 valence electrons. The molecule has 0 aromatic heterocycles. The molecule has 0 atom stereocenters. The Morgan fingerprint density at radius 2 is 1.58 bits per heavy atom. The normalized spacial score (nSPS) is 19.0. The van der Waals surface area contributed by atoms with Gasteiger partial charge in [0.1, 0.15) is 0 Å². The van der Waals surface area contributed by atoms with Crippen molar-refractivity contribution in [2.45, 2.75) is 38.5 Å². The number of nitrogens with zero attached hydrogens (tertiary/aromatic N) is 2. The molecule has 1 N–H and O–H groups in total. The number of ether oxygens (including phenoxy) is 1. The van der Waals surface area contributed by atoms with Gasteiger partial charge in [0.15, 0.2) is 0 Å². The van der Waals surface area contributed by atoms with Crippen LogP contribution in [0.25, 0.3) is 0 Å². The number of halogens is 1. The number of nitrogens with one attached hydrogen (secondary N) is 1. The van der Waals surface area contributed by atoms with Crippen LogP contribution in [0, 0.1) is 5.92 Å². The van der Waals surface area contributed by atoms with E-state index in [4.69, 9.17) is 4.74 Å². The number of hydrogen-bond acceptors (Lipinski definition) is 4. The maximum absolute atomic E-state index is 12.4. The molecule has 2 fully saturated rings. The van der Waals surface area contributed by atoms with E-state index in [9.17, 15) is 9.59 Å². The summed E-state index contributed by atoms with van der Waals surface area (Å²) in [5.41, 5.74) is 0. The van der Waals surface area contributed by atoms with Gasteiger partial charge in [-0.05, 0) is 18.8 Å². The molecule has 0 radical (unpaired) electrons. The van der Waals surface area contributed by atoms with Crippen LogP contribution in [0.3, 0.4) is 0 Å². The average molecular weight is 362 g/mol. The Labute approximate surface area is 151 Å². The van der Waals surface area contributed by atoms with Crippen molar-refractivity contribution in [3.63, 3.8) is 0 Å². The second-order valence-electron chi connectivity index (χ2n) is 6.64. The molecule has 0 spiro atoms. The molecular weight excluding hydrogens is 330 g/mol. The number of amides is 2. The Kier molecular flexibility index (Phi) is 10.3. The zero-order valence-electron chi connectivity index (χ0n) is 14.8. The summed E-state index contributed by atoms with van der Waals surface area (Å²) in [7, 11) is 1.65. The van der Waals surface area contributed by atoms with Crippen LogP contribution in [0.4, 0.5) is 0 Å². The summed E-state index contributed by atoms with van der Waals surface area (Å²) in [4.78, 5) is 28.2. The second-order valence-corrected chi connectivity index (χ2v) is 6.64. The van der Waals surface area contributed by atoms with Crippen LogP contribution in [-0.2, 0) is 14.3 Å². The van der Waals surface area contributed by atoms with Crippen molar-refractivity contribution in [3.05, 3.63) is 0 Å². The van der Waals surface area contributed by atoms with E-state index in [1.165, 1.54) is 32.1 Å². The number of rotatable bonds is 7. The number of hydrogen-bond donors (Lipinski definition) is 1. The van der Waals surface area contributed by atoms with Crippen LogP contribution < -0.4 is 5.32 Å². The molecule has 1 saturated carbocycles. The van der Waals surface area contributed by atoms with Gasteiger partial charge in [0.05, 0.1) is 13.2 Å². The first kappa shape index (κ1) is 21.2. The standard InChI is InChI=1S/C17H31N3O3.ClH/c1-23-12-7-18-14-17(22)20-10-8-19(9-11-20)16(21)13-15-5-3-2-4-6-15;/h15,18H,2-14H2,1H3;1H. The van der Waals surface area contributed by atoms with Gasteiger partial charge in [-0.25, -0.2) is 0 Å². The smallest absolute Gasteiger partial charge is 0.236 e. The molecule has 6 nitrogen and oxygen atoms in total. The van der Waals surface area contributed by atoms with Crippen LogP contribution in [0.15, 0.2) is 0 Å². The van der Waals surface area contributed by atoms with Gasteiger partial charge < -0.3 is 19.9 Å². The average Bonchev–Trinajstić information content (AvgIpc) is 2.59. The first-order valence-corrected chi connectivity index (χ1v) is 8.96. The predicted molar refractivity (Wildman–Crippen MR) is 96.3 cm³/mol. The van der Waals surface area contributed by atoms with Crippen LogP contribution >= 0.6 is 12.4 Å². The van der Waals surface area contributed by atoms with Crippen LogP contribution in [0.2, 0.25) is 0 Å². The Morgan fingerprint density at radius 1 is 1.00 bits per heavy atom. The maximum Gasteiger partial charge on any atom is 0.236 e. The van der Waals surface area contributed by atoms with Crippen molar-refractivity contribution in [2.24, 2.45) is 5.92 Å². The van der Waals surface area contributed by atoms with Crippen molar-refractivity contribution in [3.8, 4) is 0 Å². The van der Waals surface area contributed by atoms with E-state index in [-0.39, 0.29) is 24.2 Å². The summed E-state index contributed by atoms with van der Waals surface area (Å²) in [5, 5.41) is 3.07. The molecule has 0 aromatic rings. The summed E-state index contributed by atoms with van der Waals surface area (Å²) in [5.74, 6) is 0.976. The van der Waals surface area contributed by atoms with Crippen molar-refractivity contribution in [1.82, 2.24) is 15.1 Å². The lowest BCUT2D eigenvalue weighted by atomic mass is 9.86. The minimum Gasteiger partial charge on any atom is -0.383 e. The molecule has 2 rings (SSSR count). The summed E-state index contributed by atoms with van der Waals surface area (Å²) in [6, 6.07) is 0. The van der Waals surface area contributed by atoms with Crippen molar-refractivity contribution >= 4 is 24.2 Å². The first-order chi connectivity index (χ1) is 11.2. The number of piperazine rings is 1. The third-order valence-electron chi connectivity index (χ3n) is 4.93. The quantitative estimate of drug-likeness (QED) is 0.694. The fraction of sp³-hybridized carbons (Fsp3) is 0.882. The Morgan fingerprint density at radius 3 is 2.17 bits per heavy atom. The first-order valence-electron chi connectivity index (χ1n) is 8.96. The molecule has 2 aliphatic rings. The van der Waals surface area contributed by atoms with Crippen molar-refractivity contribution in [2.75, 3.05) is 53.0 Å². The van der Waals surface area contributed by atoms with Gasteiger partial charge in [-0.3, -0.25) is 9.59 Å². The molecule has 0 bridgehead atoms. The van der Waals surface area contributed by atoms with Gasteiger partial charge in [-0.15, -0.1) is 12.4 Å². The van der Waals surface area contributed by atoms with Gasteiger partial charge in [-0.2, -0.15) is 0 Å². The highest BCUT2D eigenvalue weighted by molar-refractivity contribution is 5.85. The van der Waals surface area contributed by atoms with Crippen LogP contribution in [-0.4, -0.2) is 74.6 Å². The van der Waals surface area contributed by atoms with E-state index in [0.717, 1.165) is 0 Å². The molecule has 1 aliphatic carbocycles. The van der Waals surface area contributed by atoms with Crippen LogP contribution in [0.1, 0.15) is 38.5 Å². The fourth-order valence-electron chi connectivity index (χ4n) is 3.45. The third kappa shape index (κ3) is 6.95. The molecule has 0 aromatic carbocycles. The third-order valence-corrected chi connectivity index (χ3v) is 4.93. The van der Waals surface area contributed by atoms with E-state index in [2.05, 4.69) is 5.32 Å². The lowest BCUT2D eigenvalue weighted by molar-refractivity contribution is -0.139. The molecule has 24 heavy (non-hydrogen) atoms. The zero-order valence-corrected chi connectivity index (χ0v) is 15.6. The van der Waals surface area contributed by atoms with Gasteiger partial charge >= 0.3 is 0 Å². The maximum atomic E-state index is 12.4. The Balaban J connectivity index is 0.00000288. The predicted octanol–water partition coefficient (Wildman–Crippen LogP) is 1.29. The molecule has 0 unspecified atom stereocenters. The van der Waals surface area contributed by atoms with E-state index >= 15 is 0 Å². The summed E-state index contributed by atoms with van der Waals surface area (Å²) in [6.07, 6.45) is 6.98. The van der Waals surface area contributed by atoms with Crippen molar-refractivity contribution < 1.29 is 14.3 Å². The summed E-state index contributed by atoms with van der Waals surface area (Å²) < 4.78 is 4.94. The van der Waals surface area contributed by atoms with Crippen LogP contribution in [0.5, 0.6) is 0 Å². The molecular formula is C17H32ClN3O3. The number of carbonyl (C=O) groups is 2. The number of carbonyl (C=O) groups excluding carboxylic acids is 2. The van der Waals surface area contributed by atoms with Gasteiger partial charge in [0.2, 0.25) is 11.8 Å². The lowest BCUT2D eigenvalue weighted by Crippen LogP contribution is -2.52. The van der Waals surface area contributed by atoms with E-state index in [1.54, 1.807) is 7.11 Å². The minimum atomic E-state index is 0. The highest BCUT2D eigenvalue weighted by Gasteiger charge is 2.26. The topological polar surface area (TPSA) is 61.9 Å². The molecule has 1 aliphatic heterocycles. The van der Waals surface area contributed by atoms with Gasteiger partial charge in [0, 0.05) is 46.3 Å². The highest BCUT2D eigenvalue weighted by Crippen LogP contribution is 2.27. The minimum absolute atomic E-state index is 0. The largest absolute Gasteiger partial charge is 0.383 e. The lowest BCUT2D eigenvalue weighted by Gasteiger charge is -2.35. The van der Waals surface area contributed by atoms with E-state index in [1.807, 2.05) is 9.80 Å². The van der Waals surface area contributed by atoms with E-state index in [0.29, 0.717) is 58.2 Å². The molecule has 2 amide bonds. The molecule has 1 saturated heterocycles. The SMILES string of the molecule is COCCNCC(=O)N1CCN(C(=O)CC2CCCCC2)CC1.Cl.